The average molecular weight is 414 g/mol. The summed E-state index contributed by atoms with van der Waals surface area (Å²) in [5.41, 5.74) is 4.05. The maximum atomic E-state index is 13.1. The number of imide groups is 1. The SMILES string of the molecule is Cc1cccc(C[NH+]2CC[NH+]([C@@H]3CC(=O)N(c4cccc(Cl)c4C)C3=O)CC2)c1. The van der Waals surface area contributed by atoms with Gasteiger partial charge in [-0.2, -0.15) is 0 Å². The van der Waals surface area contributed by atoms with Crippen LogP contribution in [0.4, 0.5) is 5.69 Å². The first-order valence-electron chi connectivity index (χ1n) is 10.3. The van der Waals surface area contributed by atoms with Gasteiger partial charge >= 0.3 is 0 Å². The third-order valence-electron chi connectivity index (χ3n) is 6.26. The Bertz CT molecular complexity index is 937. The Morgan fingerprint density at radius 3 is 2.48 bits per heavy atom. The van der Waals surface area contributed by atoms with Gasteiger partial charge in [-0.3, -0.25) is 9.59 Å². The van der Waals surface area contributed by atoms with Crippen LogP contribution in [0, 0.1) is 13.8 Å². The van der Waals surface area contributed by atoms with Crippen molar-refractivity contribution in [3.63, 3.8) is 0 Å². The number of piperazine rings is 1. The molecule has 0 aromatic heterocycles. The van der Waals surface area contributed by atoms with E-state index in [4.69, 9.17) is 11.6 Å². The summed E-state index contributed by atoms with van der Waals surface area (Å²) in [4.78, 5) is 29.9. The van der Waals surface area contributed by atoms with Gasteiger partial charge in [0.15, 0.2) is 6.04 Å². The van der Waals surface area contributed by atoms with Gasteiger partial charge in [-0.05, 0) is 31.5 Å². The largest absolute Gasteiger partial charge is 0.322 e. The molecular formula is C23H28ClN3O2+2. The molecule has 152 valence electrons. The molecule has 2 aliphatic rings. The Hall–Kier alpha value is -2.21. The zero-order valence-corrected chi connectivity index (χ0v) is 17.8. The van der Waals surface area contributed by atoms with Crippen LogP contribution in [-0.4, -0.2) is 44.0 Å². The normalized spacial score (nSPS) is 24.9. The third-order valence-corrected chi connectivity index (χ3v) is 6.66. The quantitative estimate of drug-likeness (QED) is 0.720. The van der Waals surface area contributed by atoms with Gasteiger partial charge in [-0.1, -0.05) is 47.5 Å². The summed E-state index contributed by atoms with van der Waals surface area (Å²) in [6.07, 6.45) is 0.285. The predicted molar refractivity (Wildman–Crippen MR) is 113 cm³/mol. The van der Waals surface area contributed by atoms with E-state index in [1.807, 2.05) is 6.92 Å². The predicted octanol–water partition coefficient (Wildman–Crippen LogP) is 0.572. The molecule has 5 nitrogen and oxygen atoms in total. The lowest BCUT2D eigenvalue weighted by atomic mass is 10.1. The van der Waals surface area contributed by atoms with Crippen LogP contribution in [-0.2, 0) is 16.1 Å². The Kier molecular flexibility index (Phi) is 5.72. The summed E-state index contributed by atoms with van der Waals surface area (Å²) in [7, 11) is 0. The molecule has 2 fully saturated rings. The summed E-state index contributed by atoms with van der Waals surface area (Å²) in [6.45, 7) is 8.83. The second kappa shape index (κ2) is 8.27. The maximum absolute atomic E-state index is 13.1. The first-order valence-corrected chi connectivity index (χ1v) is 10.7. The number of quaternary nitrogens is 2. The lowest BCUT2D eigenvalue weighted by Crippen LogP contribution is -3.29. The Balaban J connectivity index is 1.41. The van der Waals surface area contributed by atoms with E-state index >= 15 is 0 Å². The third kappa shape index (κ3) is 4.08. The number of amides is 2. The van der Waals surface area contributed by atoms with Gasteiger partial charge in [-0.15, -0.1) is 0 Å². The number of benzene rings is 2. The highest BCUT2D eigenvalue weighted by Gasteiger charge is 2.47. The molecular weight excluding hydrogens is 386 g/mol. The summed E-state index contributed by atoms with van der Waals surface area (Å²) in [5, 5.41) is 0.576. The van der Waals surface area contributed by atoms with Crippen LogP contribution in [0.1, 0.15) is 23.1 Å². The fraction of sp³-hybridized carbons (Fsp3) is 0.391. The fourth-order valence-corrected chi connectivity index (χ4v) is 4.77. The van der Waals surface area contributed by atoms with E-state index in [9.17, 15) is 9.59 Å². The van der Waals surface area contributed by atoms with Crippen LogP contribution < -0.4 is 14.7 Å². The minimum absolute atomic E-state index is 0.0856. The van der Waals surface area contributed by atoms with E-state index < -0.39 is 0 Å². The number of halogens is 1. The molecule has 2 N–H and O–H groups in total. The van der Waals surface area contributed by atoms with Gasteiger partial charge in [0.1, 0.15) is 32.7 Å². The number of hydrogen-bond donors (Lipinski definition) is 2. The lowest BCUT2D eigenvalue weighted by molar-refractivity contribution is -1.02. The molecule has 2 aromatic rings. The van der Waals surface area contributed by atoms with Crippen LogP contribution in [0.2, 0.25) is 5.02 Å². The van der Waals surface area contributed by atoms with Crippen molar-refractivity contribution in [2.75, 3.05) is 31.1 Å². The van der Waals surface area contributed by atoms with Crippen molar-refractivity contribution >= 4 is 29.1 Å². The number of nitrogens with zero attached hydrogens (tertiary/aromatic N) is 1. The van der Waals surface area contributed by atoms with E-state index in [1.165, 1.54) is 20.9 Å². The van der Waals surface area contributed by atoms with Crippen LogP contribution in [0.3, 0.4) is 0 Å². The van der Waals surface area contributed by atoms with Gasteiger partial charge in [0.05, 0.1) is 12.1 Å². The van der Waals surface area contributed by atoms with Crippen LogP contribution in [0.25, 0.3) is 0 Å². The van der Waals surface area contributed by atoms with Crippen LogP contribution >= 0.6 is 11.6 Å². The molecule has 0 spiro atoms. The monoisotopic (exact) mass is 413 g/mol. The van der Waals surface area contributed by atoms with Crippen LogP contribution in [0.5, 0.6) is 0 Å². The number of aryl methyl sites for hydroxylation is 1. The highest BCUT2D eigenvalue weighted by Crippen LogP contribution is 2.29. The molecule has 29 heavy (non-hydrogen) atoms. The Labute approximate surface area is 176 Å². The maximum Gasteiger partial charge on any atom is 0.292 e. The Morgan fingerprint density at radius 1 is 1.03 bits per heavy atom. The lowest BCUT2D eigenvalue weighted by Gasteiger charge is -2.32. The van der Waals surface area contributed by atoms with Crippen molar-refractivity contribution < 1.29 is 19.4 Å². The molecule has 2 aliphatic heterocycles. The number of hydrogen-bond acceptors (Lipinski definition) is 2. The molecule has 4 rings (SSSR count). The topological polar surface area (TPSA) is 46.3 Å². The highest BCUT2D eigenvalue weighted by molar-refractivity contribution is 6.32. The van der Waals surface area contributed by atoms with E-state index in [0.717, 1.165) is 38.3 Å². The van der Waals surface area contributed by atoms with Crippen molar-refractivity contribution in [3.05, 3.63) is 64.2 Å². The molecule has 0 bridgehead atoms. The summed E-state index contributed by atoms with van der Waals surface area (Å²) in [5.74, 6) is -0.204. The molecule has 2 amide bonds. The van der Waals surface area contributed by atoms with Gasteiger partial charge in [0.2, 0.25) is 5.91 Å². The Morgan fingerprint density at radius 2 is 1.76 bits per heavy atom. The summed E-state index contributed by atoms with van der Waals surface area (Å²) < 4.78 is 0. The fourth-order valence-electron chi connectivity index (χ4n) is 4.60. The van der Waals surface area contributed by atoms with Crippen molar-refractivity contribution in [1.29, 1.82) is 0 Å². The van der Waals surface area contributed by atoms with E-state index in [2.05, 4.69) is 31.2 Å². The van der Waals surface area contributed by atoms with E-state index in [1.54, 1.807) is 23.1 Å². The standard InChI is InChI=1S/C23H26ClN3O2/c1-16-5-3-6-18(13-16)15-25-9-11-26(12-10-25)21-14-22(28)27(23(21)29)20-8-4-7-19(24)17(20)2/h3-8,13,21H,9-12,14-15H2,1-2H3/p+2/t21-/m1/s1. The second-order valence-electron chi connectivity index (χ2n) is 8.28. The molecule has 2 heterocycles. The average Bonchev–Trinajstić information content (AvgIpc) is 2.99. The number of carbonyl (C=O) groups excluding carboxylic acids is 2. The molecule has 0 aliphatic carbocycles. The van der Waals surface area contributed by atoms with Crippen LogP contribution in [0.15, 0.2) is 42.5 Å². The van der Waals surface area contributed by atoms with Gasteiger partial charge < -0.3 is 9.80 Å². The molecule has 0 saturated carbocycles. The second-order valence-corrected chi connectivity index (χ2v) is 8.69. The van der Waals surface area contributed by atoms with Crippen molar-refractivity contribution in [3.8, 4) is 0 Å². The smallest absolute Gasteiger partial charge is 0.292 e. The number of carbonyl (C=O) groups is 2. The molecule has 0 unspecified atom stereocenters. The molecule has 2 saturated heterocycles. The number of nitrogens with one attached hydrogen (secondary N) is 2. The minimum Gasteiger partial charge on any atom is -0.322 e. The van der Waals surface area contributed by atoms with E-state index in [-0.39, 0.29) is 24.3 Å². The first-order chi connectivity index (χ1) is 13.9. The van der Waals surface area contributed by atoms with Gasteiger partial charge in [0.25, 0.3) is 5.91 Å². The number of anilines is 1. The van der Waals surface area contributed by atoms with E-state index in [0.29, 0.717) is 10.7 Å². The summed E-state index contributed by atoms with van der Waals surface area (Å²) >= 11 is 6.21. The minimum atomic E-state index is -0.276. The summed E-state index contributed by atoms with van der Waals surface area (Å²) in [6, 6.07) is 13.8. The van der Waals surface area contributed by atoms with Gasteiger partial charge in [0, 0.05) is 10.6 Å². The molecule has 0 radical (unpaired) electrons. The zero-order valence-electron chi connectivity index (χ0n) is 17.0. The molecule has 1 atom stereocenters. The van der Waals surface area contributed by atoms with Crippen molar-refractivity contribution in [2.24, 2.45) is 0 Å². The first kappa shape index (κ1) is 20.1. The molecule has 6 heteroatoms. The molecule has 2 aromatic carbocycles. The van der Waals surface area contributed by atoms with Gasteiger partial charge in [-0.25, -0.2) is 4.90 Å². The van der Waals surface area contributed by atoms with Crippen molar-refractivity contribution in [2.45, 2.75) is 32.9 Å². The zero-order chi connectivity index (χ0) is 20.5. The van der Waals surface area contributed by atoms with Crippen molar-refractivity contribution in [1.82, 2.24) is 0 Å². The number of rotatable bonds is 4. The highest BCUT2D eigenvalue weighted by atomic mass is 35.5.